The number of para-hydroxylation sites is 1. The quantitative estimate of drug-likeness (QED) is 0.402. The van der Waals surface area contributed by atoms with Crippen molar-refractivity contribution in [3.63, 3.8) is 0 Å². The number of sulfonamides is 1. The minimum atomic E-state index is -4.00. The Bertz CT molecular complexity index is 956. The van der Waals surface area contributed by atoms with Crippen LogP contribution in [0.1, 0.15) is 21.5 Å². The molecule has 0 aliphatic rings. The lowest BCUT2D eigenvalue weighted by Crippen LogP contribution is -2.17. The first-order valence-electron chi connectivity index (χ1n) is 6.97. The number of nitro groups is 1. The maximum atomic E-state index is 12.3. The molecule has 132 valence electrons. The molecule has 1 amide bonds. The van der Waals surface area contributed by atoms with Gasteiger partial charge in [-0.25, -0.2) is 8.42 Å². The van der Waals surface area contributed by atoms with Crippen LogP contribution in [-0.4, -0.2) is 24.4 Å². The van der Waals surface area contributed by atoms with Gasteiger partial charge >= 0.3 is 0 Å². The van der Waals surface area contributed by atoms with Gasteiger partial charge in [0.15, 0.2) is 0 Å². The number of nitrogens with one attached hydrogen (secondary N) is 1. The van der Waals surface area contributed by atoms with Crippen LogP contribution in [0, 0.1) is 17.0 Å². The molecule has 0 bridgehead atoms. The summed E-state index contributed by atoms with van der Waals surface area (Å²) in [5, 5.41) is 20.7. The van der Waals surface area contributed by atoms with Crippen LogP contribution in [0.5, 0.6) is 5.75 Å². The fourth-order valence-corrected chi connectivity index (χ4v) is 3.46. The number of aromatic hydroxyl groups is 1. The predicted octanol–water partition coefficient (Wildman–Crippen LogP) is 1.65. The van der Waals surface area contributed by atoms with Crippen LogP contribution < -0.4 is 10.5 Å². The molecular formula is C15H15N3O6S. The maximum Gasteiger partial charge on any atom is 0.273 e. The summed E-state index contributed by atoms with van der Waals surface area (Å²) in [6.07, 6.45) is 0. The van der Waals surface area contributed by atoms with Crippen molar-refractivity contribution in [2.24, 2.45) is 5.73 Å². The second kappa shape index (κ2) is 6.77. The van der Waals surface area contributed by atoms with E-state index < -0.39 is 26.6 Å². The lowest BCUT2D eigenvalue weighted by molar-refractivity contribution is -0.385. The summed E-state index contributed by atoms with van der Waals surface area (Å²) in [7, 11) is -4.00. The Hall–Kier alpha value is -3.14. The molecule has 0 saturated heterocycles. The highest BCUT2D eigenvalue weighted by atomic mass is 32.2. The van der Waals surface area contributed by atoms with E-state index in [-0.39, 0.29) is 33.8 Å². The Morgan fingerprint density at radius 2 is 1.96 bits per heavy atom. The highest BCUT2D eigenvalue weighted by Gasteiger charge is 2.21. The van der Waals surface area contributed by atoms with Crippen molar-refractivity contribution >= 4 is 27.3 Å². The van der Waals surface area contributed by atoms with Crippen LogP contribution in [0.3, 0.4) is 0 Å². The minimum absolute atomic E-state index is 0.0164. The summed E-state index contributed by atoms with van der Waals surface area (Å²) in [6.45, 7) is 1.47. The molecule has 4 N–H and O–H groups in total. The van der Waals surface area contributed by atoms with Crippen molar-refractivity contribution in [3.8, 4) is 5.75 Å². The first-order valence-corrected chi connectivity index (χ1v) is 8.62. The van der Waals surface area contributed by atoms with Gasteiger partial charge in [0.2, 0.25) is 10.0 Å². The molecule has 9 nitrogen and oxygen atoms in total. The first-order chi connectivity index (χ1) is 11.6. The third-order valence-corrected chi connectivity index (χ3v) is 4.61. The summed E-state index contributed by atoms with van der Waals surface area (Å²) in [5.41, 5.74) is 4.88. The third kappa shape index (κ3) is 4.23. The minimum Gasteiger partial charge on any atom is -0.507 e. The molecule has 0 spiro atoms. The van der Waals surface area contributed by atoms with Crippen LogP contribution in [0.4, 0.5) is 11.4 Å². The second-order valence-electron chi connectivity index (χ2n) is 5.30. The van der Waals surface area contributed by atoms with E-state index in [0.717, 1.165) is 6.07 Å². The van der Waals surface area contributed by atoms with Gasteiger partial charge in [-0.05, 0) is 24.6 Å². The monoisotopic (exact) mass is 365 g/mol. The van der Waals surface area contributed by atoms with E-state index >= 15 is 0 Å². The number of rotatable bonds is 6. The lowest BCUT2D eigenvalue weighted by Gasteiger charge is -2.12. The van der Waals surface area contributed by atoms with Crippen molar-refractivity contribution in [2.75, 3.05) is 4.72 Å². The van der Waals surface area contributed by atoms with E-state index in [1.54, 1.807) is 0 Å². The predicted molar refractivity (Wildman–Crippen MR) is 90.7 cm³/mol. The molecule has 2 rings (SSSR count). The molecular weight excluding hydrogens is 350 g/mol. The number of hydrogen-bond donors (Lipinski definition) is 3. The van der Waals surface area contributed by atoms with Crippen LogP contribution in [0.2, 0.25) is 0 Å². The largest absolute Gasteiger partial charge is 0.507 e. The summed E-state index contributed by atoms with van der Waals surface area (Å²) < 4.78 is 26.8. The summed E-state index contributed by atoms with van der Waals surface area (Å²) >= 11 is 0. The molecule has 0 radical (unpaired) electrons. The molecule has 2 aromatic rings. The van der Waals surface area contributed by atoms with Gasteiger partial charge in [-0.3, -0.25) is 19.6 Å². The lowest BCUT2D eigenvalue weighted by atomic mass is 10.1. The van der Waals surface area contributed by atoms with Crippen LogP contribution in [-0.2, 0) is 15.8 Å². The van der Waals surface area contributed by atoms with E-state index in [2.05, 4.69) is 4.72 Å². The van der Waals surface area contributed by atoms with E-state index in [1.165, 1.54) is 37.3 Å². The molecule has 0 aliphatic carbocycles. The number of amides is 1. The SMILES string of the molecule is Cc1cc(NS(=O)(=O)Cc2ccccc2[N+](=O)[O-])cc(C(N)=O)c1O. The fraction of sp³-hybridized carbons (Fsp3) is 0.133. The number of aryl methyl sites for hydroxylation is 1. The molecule has 2 aromatic carbocycles. The molecule has 0 aromatic heterocycles. The number of benzene rings is 2. The zero-order valence-electron chi connectivity index (χ0n) is 13.1. The zero-order valence-corrected chi connectivity index (χ0v) is 13.9. The van der Waals surface area contributed by atoms with Gasteiger partial charge in [0.1, 0.15) is 11.5 Å². The Kier molecular flexibility index (Phi) is 4.93. The zero-order chi connectivity index (χ0) is 18.8. The number of phenols is 1. The summed E-state index contributed by atoms with van der Waals surface area (Å²) in [5.74, 6) is -1.88. The second-order valence-corrected chi connectivity index (χ2v) is 7.02. The fourth-order valence-electron chi connectivity index (χ4n) is 2.26. The molecule has 0 fully saturated rings. The van der Waals surface area contributed by atoms with Gasteiger partial charge in [0.25, 0.3) is 11.6 Å². The summed E-state index contributed by atoms with van der Waals surface area (Å²) in [6, 6.07) is 7.90. The first kappa shape index (κ1) is 18.2. The Balaban J connectivity index is 2.34. The van der Waals surface area contributed by atoms with Crippen molar-refractivity contribution in [1.29, 1.82) is 0 Å². The maximum absolute atomic E-state index is 12.3. The Labute approximate surface area is 143 Å². The van der Waals surface area contributed by atoms with E-state index in [0.29, 0.717) is 0 Å². The summed E-state index contributed by atoms with van der Waals surface area (Å²) in [4.78, 5) is 21.6. The van der Waals surface area contributed by atoms with Gasteiger partial charge in [-0.2, -0.15) is 0 Å². The number of primary amides is 1. The van der Waals surface area contributed by atoms with Gasteiger partial charge in [-0.1, -0.05) is 18.2 Å². The van der Waals surface area contributed by atoms with E-state index in [4.69, 9.17) is 5.73 Å². The number of carbonyl (C=O) groups is 1. The molecule has 0 atom stereocenters. The van der Waals surface area contributed by atoms with Gasteiger partial charge in [-0.15, -0.1) is 0 Å². The normalized spacial score (nSPS) is 11.1. The van der Waals surface area contributed by atoms with E-state index in [9.17, 15) is 28.4 Å². The number of nitrogens with zero attached hydrogens (tertiary/aromatic N) is 1. The molecule has 25 heavy (non-hydrogen) atoms. The smallest absolute Gasteiger partial charge is 0.273 e. The van der Waals surface area contributed by atoms with Crippen molar-refractivity contribution in [3.05, 3.63) is 63.2 Å². The number of carbonyl (C=O) groups excluding carboxylic acids is 1. The number of nitrogens with two attached hydrogens (primary N) is 1. The number of nitro benzene ring substituents is 1. The van der Waals surface area contributed by atoms with Crippen LogP contribution in [0.25, 0.3) is 0 Å². The molecule has 10 heteroatoms. The van der Waals surface area contributed by atoms with Gasteiger partial charge < -0.3 is 10.8 Å². The van der Waals surface area contributed by atoms with Gasteiger partial charge in [0, 0.05) is 17.3 Å². The number of anilines is 1. The third-order valence-electron chi connectivity index (χ3n) is 3.37. The van der Waals surface area contributed by atoms with Crippen LogP contribution in [0.15, 0.2) is 36.4 Å². The molecule has 0 heterocycles. The van der Waals surface area contributed by atoms with Crippen molar-refractivity contribution in [1.82, 2.24) is 0 Å². The highest BCUT2D eigenvalue weighted by molar-refractivity contribution is 7.91. The van der Waals surface area contributed by atoms with Crippen LogP contribution >= 0.6 is 0 Å². The molecule has 0 unspecified atom stereocenters. The van der Waals surface area contributed by atoms with Crippen molar-refractivity contribution < 1.29 is 23.2 Å². The highest BCUT2D eigenvalue weighted by Crippen LogP contribution is 2.27. The van der Waals surface area contributed by atoms with Crippen molar-refractivity contribution in [2.45, 2.75) is 12.7 Å². The molecule has 0 aliphatic heterocycles. The standard InChI is InChI=1S/C15H15N3O6S/c1-9-6-11(7-12(14(9)19)15(16)20)17-25(23,24)8-10-4-2-3-5-13(10)18(21)22/h2-7,17,19H,8H2,1H3,(H2,16,20). The Morgan fingerprint density at radius 1 is 1.32 bits per heavy atom. The average Bonchev–Trinajstić information content (AvgIpc) is 2.49. The molecule has 0 saturated carbocycles. The van der Waals surface area contributed by atoms with E-state index in [1.807, 2.05) is 0 Å². The van der Waals surface area contributed by atoms with Gasteiger partial charge in [0.05, 0.1) is 10.5 Å². The topological polar surface area (TPSA) is 153 Å². The average molecular weight is 365 g/mol. The number of hydrogen-bond acceptors (Lipinski definition) is 6. The Morgan fingerprint density at radius 3 is 2.56 bits per heavy atom.